The van der Waals surface area contributed by atoms with Crippen molar-refractivity contribution in [1.82, 2.24) is 4.98 Å². The molecule has 2 aromatic carbocycles. The van der Waals surface area contributed by atoms with Crippen LogP contribution in [0.2, 0.25) is 0 Å². The molecule has 3 atom stereocenters. The third-order valence-corrected chi connectivity index (χ3v) is 6.98. The molecule has 0 aliphatic heterocycles. The summed E-state index contributed by atoms with van der Waals surface area (Å²) in [4.78, 5) is 16.5. The molecule has 1 saturated carbocycles. The van der Waals surface area contributed by atoms with Crippen molar-refractivity contribution in [3.63, 3.8) is 0 Å². The highest BCUT2D eigenvalue weighted by molar-refractivity contribution is 5.70. The summed E-state index contributed by atoms with van der Waals surface area (Å²) in [5, 5.41) is 9.71. The summed E-state index contributed by atoms with van der Waals surface area (Å²) in [6, 6.07) is 18.1. The number of carboxylic acid groups (broad SMARTS) is 1. The van der Waals surface area contributed by atoms with E-state index in [-0.39, 0.29) is 12.0 Å². The highest BCUT2D eigenvalue weighted by atomic mass is 16.5. The molecule has 3 unspecified atom stereocenters. The fraction of sp³-hybridized carbons (Fsp3) is 0.448. The number of aliphatic carboxylic acids is 1. The van der Waals surface area contributed by atoms with Crippen molar-refractivity contribution >= 4 is 5.97 Å². The summed E-state index contributed by atoms with van der Waals surface area (Å²) < 4.78 is 12.2. The molecule has 5 nitrogen and oxygen atoms in total. The van der Waals surface area contributed by atoms with Gasteiger partial charge in [0.2, 0.25) is 5.89 Å². The van der Waals surface area contributed by atoms with E-state index in [0.717, 1.165) is 54.7 Å². The maximum atomic E-state index is 11.8. The third-order valence-electron chi connectivity index (χ3n) is 6.98. The molecular formula is C29H35NO4. The van der Waals surface area contributed by atoms with Crippen molar-refractivity contribution in [2.24, 2.45) is 11.8 Å². The van der Waals surface area contributed by atoms with E-state index in [4.69, 9.17) is 9.15 Å². The molecule has 1 fully saturated rings. The Morgan fingerprint density at radius 2 is 1.88 bits per heavy atom. The number of benzene rings is 2. The summed E-state index contributed by atoms with van der Waals surface area (Å²) in [5.74, 6) is 0.918. The predicted molar refractivity (Wildman–Crippen MR) is 132 cm³/mol. The molecule has 0 bridgehead atoms. The summed E-state index contributed by atoms with van der Waals surface area (Å²) in [6.07, 6.45) is 6.74. The number of nitrogens with zero attached hydrogens (tertiary/aromatic N) is 1. The Balaban J connectivity index is 1.28. The lowest BCUT2D eigenvalue weighted by Crippen LogP contribution is -2.24. The predicted octanol–water partition coefficient (Wildman–Crippen LogP) is 6.76. The summed E-state index contributed by atoms with van der Waals surface area (Å²) >= 11 is 0. The summed E-state index contributed by atoms with van der Waals surface area (Å²) in [5.41, 5.74) is 4.12. The molecule has 1 N–H and O–H groups in total. The van der Waals surface area contributed by atoms with Crippen LogP contribution in [0.15, 0.2) is 59.0 Å². The Morgan fingerprint density at radius 1 is 1.12 bits per heavy atom. The van der Waals surface area contributed by atoms with Gasteiger partial charge in [0.15, 0.2) is 0 Å². The molecule has 1 aliphatic rings. The molecule has 5 heteroatoms. The Hall–Kier alpha value is -2.92. The van der Waals surface area contributed by atoms with Crippen molar-refractivity contribution in [2.75, 3.05) is 0 Å². The fourth-order valence-electron chi connectivity index (χ4n) is 4.88. The molecule has 0 amide bonds. The zero-order valence-electron chi connectivity index (χ0n) is 20.2. The zero-order valence-corrected chi connectivity index (χ0v) is 20.2. The van der Waals surface area contributed by atoms with E-state index in [1.807, 2.05) is 49.4 Å². The van der Waals surface area contributed by atoms with Crippen molar-refractivity contribution < 1.29 is 19.1 Å². The van der Waals surface area contributed by atoms with Crippen molar-refractivity contribution in [1.29, 1.82) is 0 Å². The van der Waals surface area contributed by atoms with Gasteiger partial charge in [-0.1, -0.05) is 60.9 Å². The van der Waals surface area contributed by atoms with Crippen LogP contribution in [-0.2, 0) is 22.6 Å². The minimum absolute atomic E-state index is 0.190. The fourth-order valence-corrected chi connectivity index (χ4v) is 4.88. The van der Waals surface area contributed by atoms with Gasteiger partial charge in [0.25, 0.3) is 0 Å². The van der Waals surface area contributed by atoms with E-state index in [1.165, 1.54) is 5.56 Å². The standard InChI is InChI=1S/C29H35NO4/c1-20-11-14-24(15-12-20)28-30-27(21(2)34-28)19-33-26-10-6-9-23(18-26)13-16-25(29(31)32)17-22-7-4-3-5-8-22/h3-5,7-8,11-12,14-15,23,25-26H,6,9-10,13,16-19H2,1-2H3,(H,31,32). The molecule has 1 aliphatic carbocycles. The molecule has 0 spiro atoms. The molecule has 0 saturated heterocycles. The number of carbonyl (C=O) groups is 1. The second-order valence-electron chi connectivity index (χ2n) is 9.66. The molecule has 0 radical (unpaired) electrons. The molecule has 3 aromatic rings. The SMILES string of the molecule is Cc1ccc(-c2nc(COC3CCCC(CCC(Cc4ccccc4)C(=O)O)C3)c(C)o2)cc1. The maximum absolute atomic E-state index is 11.8. The Bertz CT molecular complexity index is 1060. The van der Waals surface area contributed by atoms with Gasteiger partial charge in [0, 0.05) is 5.56 Å². The number of aromatic nitrogens is 1. The van der Waals surface area contributed by atoms with Gasteiger partial charge in [0.05, 0.1) is 18.6 Å². The lowest BCUT2D eigenvalue weighted by atomic mass is 9.81. The normalized spacial score (nSPS) is 19.1. The molecule has 1 aromatic heterocycles. The molecule has 4 rings (SSSR count). The lowest BCUT2D eigenvalue weighted by molar-refractivity contribution is -0.142. The van der Waals surface area contributed by atoms with Gasteiger partial charge >= 0.3 is 5.97 Å². The van der Waals surface area contributed by atoms with Crippen LogP contribution < -0.4 is 0 Å². The Kier molecular flexibility index (Phi) is 8.17. The molecule has 180 valence electrons. The third kappa shape index (κ3) is 6.57. The number of ether oxygens (including phenoxy) is 1. The van der Waals surface area contributed by atoms with Gasteiger partial charge in [-0.2, -0.15) is 0 Å². The first-order chi connectivity index (χ1) is 16.5. The lowest BCUT2D eigenvalue weighted by Gasteiger charge is -2.29. The van der Waals surface area contributed by atoms with Crippen LogP contribution in [0.25, 0.3) is 11.5 Å². The van der Waals surface area contributed by atoms with Gasteiger partial charge in [-0.3, -0.25) is 4.79 Å². The number of hydrogen-bond donors (Lipinski definition) is 1. The monoisotopic (exact) mass is 461 g/mol. The molecule has 34 heavy (non-hydrogen) atoms. The largest absolute Gasteiger partial charge is 0.481 e. The van der Waals surface area contributed by atoms with E-state index in [9.17, 15) is 9.90 Å². The number of aryl methyl sites for hydroxylation is 2. The smallest absolute Gasteiger partial charge is 0.306 e. The average molecular weight is 462 g/mol. The van der Waals surface area contributed by atoms with Crippen LogP contribution in [0.5, 0.6) is 0 Å². The van der Waals surface area contributed by atoms with Crippen LogP contribution in [0.1, 0.15) is 61.1 Å². The first-order valence-electron chi connectivity index (χ1n) is 12.4. The number of oxazole rings is 1. The number of hydrogen-bond acceptors (Lipinski definition) is 4. The number of carboxylic acids is 1. The topological polar surface area (TPSA) is 72.6 Å². The minimum atomic E-state index is -0.696. The van der Waals surface area contributed by atoms with Gasteiger partial charge in [-0.05, 0) is 69.6 Å². The average Bonchev–Trinajstić information content (AvgIpc) is 3.22. The van der Waals surface area contributed by atoms with Crippen molar-refractivity contribution in [2.45, 2.75) is 71.5 Å². The van der Waals surface area contributed by atoms with Crippen LogP contribution in [-0.4, -0.2) is 22.2 Å². The Labute approximate surface area is 202 Å². The van der Waals surface area contributed by atoms with Gasteiger partial charge in [0.1, 0.15) is 11.5 Å². The van der Waals surface area contributed by atoms with Crippen LogP contribution >= 0.6 is 0 Å². The van der Waals surface area contributed by atoms with Gasteiger partial charge in [-0.15, -0.1) is 0 Å². The van der Waals surface area contributed by atoms with E-state index >= 15 is 0 Å². The number of rotatable bonds is 10. The van der Waals surface area contributed by atoms with Crippen LogP contribution in [0.4, 0.5) is 0 Å². The second kappa shape index (κ2) is 11.5. The van der Waals surface area contributed by atoms with E-state index in [0.29, 0.717) is 31.3 Å². The quantitative estimate of drug-likeness (QED) is 0.361. The Morgan fingerprint density at radius 3 is 2.62 bits per heavy atom. The second-order valence-corrected chi connectivity index (χ2v) is 9.66. The van der Waals surface area contributed by atoms with Crippen molar-refractivity contribution in [3.8, 4) is 11.5 Å². The zero-order chi connectivity index (χ0) is 23.9. The summed E-state index contributed by atoms with van der Waals surface area (Å²) in [7, 11) is 0. The van der Waals surface area contributed by atoms with Gasteiger partial charge < -0.3 is 14.3 Å². The molecular weight excluding hydrogens is 426 g/mol. The minimum Gasteiger partial charge on any atom is -0.481 e. The molecule has 1 heterocycles. The summed E-state index contributed by atoms with van der Waals surface area (Å²) in [6.45, 7) is 4.45. The van der Waals surface area contributed by atoms with Gasteiger partial charge in [-0.25, -0.2) is 4.98 Å². The maximum Gasteiger partial charge on any atom is 0.306 e. The highest BCUT2D eigenvalue weighted by Gasteiger charge is 2.26. The van der Waals surface area contributed by atoms with Crippen LogP contribution in [0.3, 0.4) is 0 Å². The first-order valence-corrected chi connectivity index (χ1v) is 12.4. The van der Waals surface area contributed by atoms with E-state index in [2.05, 4.69) is 24.0 Å². The van der Waals surface area contributed by atoms with Crippen LogP contribution in [0, 0.1) is 25.7 Å². The van der Waals surface area contributed by atoms with E-state index in [1.54, 1.807) is 0 Å². The first kappa shape index (κ1) is 24.2. The van der Waals surface area contributed by atoms with E-state index < -0.39 is 5.97 Å². The highest BCUT2D eigenvalue weighted by Crippen LogP contribution is 2.32. The van der Waals surface area contributed by atoms with Crippen molar-refractivity contribution in [3.05, 3.63) is 77.2 Å².